The van der Waals surface area contributed by atoms with E-state index in [4.69, 9.17) is 5.73 Å². The van der Waals surface area contributed by atoms with Crippen LogP contribution in [0.15, 0.2) is 10.7 Å². The van der Waals surface area contributed by atoms with E-state index < -0.39 is 0 Å². The molecule has 1 heterocycles. The van der Waals surface area contributed by atoms with Crippen LogP contribution in [0.2, 0.25) is 0 Å². The maximum atomic E-state index is 5.51. The van der Waals surface area contributed by atoms with E-state index in [9.17, 15) is 0 Å². The first-order valence-electron chi connectivity index (χ1n) is 4.34. The van der Waals surface area contributed by atoms with Gasteiger partial charge in [0.2, 0.25) is 0 Å². The lowest BCUT2D eigenvalue weighted by Crippen LogP contribution is -2.06. The number of aromatic nitrogens is 2. The molecule has 0 saturated heterocycles. The van der Waals surface area contributed by atoms with Crippen molar-refractivity contribution in [3.05, 3.63) is 22.2 Å². The molecule has 0 aliphatic heterocycles. The Kier molecular flexibility index (Phi) is 3.81. The molecule has 1 rings (SSSR count). The first-order valence-corrected chi connectivity index (χ1v) is 5.13. The average Bonchev–Trinajstić information content (AvgIpc) is 2.01. The molecule has 0 amide bonds. The predicted molar refractivity (Wildman–Crippen MR) is 56.2 cm³/mol. The summed E-state index contributed by atoms with van der Waals surface area (Å²) in [7, 11) is 0. The van der Waals surface area contributed by atoms with Gasteiger partial charge in [0.05, 0.1) is 5.69 Å². The van der Waals surface area contributed by atoms with E-state index in [0.29, 0.717) is 12.5 Å². The second kappa shape index (κ2) is 4.67. The summed E-state index contributed by atoms with van der Waals surface area (Å²) in [6.07, 6.45) is 0.895. The van der Waals surface area contributed by atoms with Gasteiger partial charge >= 0.3 is 0 Å². The number of nitrogens with two attached hydrogens (primary N) is 1. The van der Waals surface area contributed by atoms with Crippen molar-refractivity contribution in [3.8, 4) is 0 Å². The van der Waals surface area contributed by atoms with Crippen molar-refractivity contribution in [2.24, 2.45) is 11.7 Å². The zero-order chi connectivity index (χ0) is 9.84. The Morgan fingerprint density at radius 2 is 2.15 bits per heavy atom. The number of hydrogen-bond donors (Lipinski definition) is 1. The van der Waals surface area contributed by atoms with Crippen LogP contribution >= 0.6 is 15.9 Å². The van der Waals surface area contributed by atoms with Crippen molar-refractivity contribution in [1.82, 2.24) is 9.97 Å². The Morgan fingerprint density at radius 3 is 2.69 bits per heavy atom. The van der Waals surface area contributed by atoms with Crippen LogP contribution in [0.25, 0.3) is 0 Å². The average molecular weight is 244 g/mol. The lowest BCUT2D eigenvalue weighted by atomic mass is 10.1. The molecule has 3 nitrogen and oxygen atoms in total. The predicted octanol–water partition coefficient (Wildman–Crippen LogP) is 1.90. The highest BCUT2D eigenvalue weighted by Crippen LogP contribution is 2.10. The first-order chi connectivity index (χ1) is 6.11. The molecule has 0 fully saturated rings. The standard InChI is InChI=1S/C9H14BrN3/c1-6(2)3-9-12-7(5-11)4-8(10)13-9/h4,6H,3,5,11H2,1-2H3. The monoisotopic (exact) mass is 243 g/mol. The topological polar surface area (TPSA) is 51.8 Å². The summed E-state index contributed by atoms with van der Waals surface area (Å²) in [6, 6.07) is 1.85. The molecule has 0 atom stereocenters. The van der Waals surface area contributed by atoms with E-state index in [0.717, 1.165) is 22.5 Å². The van der Waals surface area contributed by atoms with Gasteiger partial charge in [0.1, 0.15) is 10.4 Å². The van der Waals surface area contributed by atoms with Crippen molar-refractivity contribution < 1.29 is 0 Å². The molecule has 0 aliphatic rings. The van der Waals surface area contributed by atoms with Gasteiger partial charge < -0.3 is 5.73 Å². The minimum Gasteiger partial charge on any atom is -0.325 e. The fraction of sp³-hybridized carbons (Fsp3) is 0.556. The fourth-order valence-electron chi connectivity index (χ4n) is 1.08. The van der Waals surface area contributed by atoms with Crippen LogP contribution in [0, 0.1) is 5.92 Å². The highest BCUT2D eigenvalue weighted by molar-refractivity contribution is 9.10. The van der Waals surface area contributed by atoms with E-state index in [1.54, 1.807) is 0 Å². The number of halogens is 1. The molecule has 0 radical (unpaired) electrons. The van der Waals surface area contributed by atoms with Gasteiger partial charge in [-0.05, 0) is 27.9 Å². The van der Waals surface area contributed by atoms with E-state index in [-0.39, 0.29) is 0 Å². The molecule has 4 heteroatoms. The summed E-state index contributed by atoms with van der Waals surface area (Å²) in [4.78, 5) is 8.60. The lowest BCUT2D eigenvalue weighted by molar-refractivity contribution is 0.616. The van der Waals surface area contributed by atoms with Crippen LogP contribution in [-0.4, -0.2) is 9.97 Å². The summed E-state index contributed by atoms with van der Waals surface area (Å²) in [5.74, 6) is 1.43. The zero-order valence-corrected chi connectivity index (χ0v) is 9.50. The van der Waals surface area contributed by atoms with E-state index >= 15 is 0 Å². The molecule has 0 unspecified atom stereocenters. The Bertz CT molecular complexity index is 286. The minimum atomic E-state index is 0.464. The van der Waals surface area contributed by atoms with Gasteiger partial charge in [-0.3, -0.25) is 0 Å². The summed E-state index contributed by atoms with van der Waals surface area (Å²) in [5.41, 5.74) is 6.39. The van der Waals surface area contributed by atoms with Crippen LogP contribution in [0.3, 0.4) is 0 Å². The minimum absolute atomic E-state index is 0.464. The van der Waals surface area contributed by atoms with Crippen LogP contribution in [0.4, 0.5) is 0 Å². The summed E-state index contributed by atoms with van der Waals surface area (Å²) in [6.45, 7) is 4.75. The highest BCUT2D eigenvalue weighted by Gasteiger charge is 2.03. The molecule has 72 valence electrons. The molecular weight excluding hydrogens is 230 g/mol. The lowest BCUT2D eigenvalue weighted by Gasteiger charge is -2.05. The molecule has 1 aromatic rings. The normalized spacial score (nSPS) is 10.8. The summed E-state index contributed by atoms with van der Waals surface area (Å²) < 4.78 is 0.818. The number of hydrogen-bond acceptors (Lipinski definition) is 3. The van der Waals surface area contributed by atoms with Gasteiger partial charge in [0.25, 0.3) is 0 Å². The molecule has 2 N–H and O–H groups in total. The van der Waals surface area contributed by atoms with E-state index in [1.807, 2.05) is 6.07 Å². The molecule has 1 aromatic heterocycles. The maximum Gasteiger partial charge on any atom is 0.130 e. The maximum absolute atomic E-state index is 5.51. The third kappa shape index (κ3) is 3.40. The van der Waals surface area contributed by atoms with Gasteiger partial charge in [-0.15, -0.1) is 0 Å². The Hall–Kier alpha value is -0.480. The molecule has 13 heavy (non-hydrogen) atoms. The Labute approximate surface area is 86.9 Å². The molecular formula is C9H14BrN3. The SMILES string of the molecule is CC(C)Cc1nc(Br)cc(CN)n1. The summed E-state index contributed by atoms with van der Waals surface area (Å²) >= 11 is 3.34. The van der Waals surface area contributed by atoms with Gasteiger partial charge in [-0.2, -0.15) is 0 Å². The van der Waals surface area contributed by atoms with Crippen LogP contribution in [0.1, 0.15) is 25.4 Å². The fourth-order valence-corrected chi connectivity index (χ4v) is 1.55. The number of rotatable bonds is 3. The third-order valence-corrected chi connectivity index (χ3v) is 2.00. The van der Waals surface area contributed by atoms with Crippen LogP contribution < -0.4 is 5.73 Å². The first kappa shape index (κ1) is 10.6. The molecule has 0 aromatic carbocycles. The second-order valence-corrected chi connectivity index (χ2v) is 4.21. The van der Waals surface area contributed by atoms with Crippen LogP contribution in [-0.2, 0) is 13.0 Å². The van der Waals surface area contributed by atoms with Crippen molar-refractivity contribution in [3.63, 3.8) is 0 Å². The summed E-state index contributed by atoms with van der Waals surface area (Å²) in [5, 5.41) is 0. The van der Waals surface area contributed by atoms with Gasteiger partial charge in [0.15, 0.2) is 0 Å². The Balaban J connectivity index is 2.88. The van der Waals surface area contributed by atoms with Crippen molar-refractivity contribution in [2.75, 3.05) is 0 Å². The van der Waals surface area contributed by atoms with Crippen molar-refractivity contribution >= 4 is 15.9 Å². The molecule has 0 spiro atoms. The van der Waals surface area contributed by atoms with Crippen LogP contribution in [0.5, 0.6) is 0 Å². The largest absolute Gasteiger partial charge is 0.325 e. The van der Waals surface area contributed by atoms with Gasteiger partial charge in [-0.1, -0.05) is 13.8 Å². The Morgan fingerprint density at radius 1 is 1.46 bits per heavy atom. The van der Waals surface area contributed by atoms with Crippen molar-refractivity contribution in [1.29, 1.82) is 0 Å². The zero-order valence-electron chi connectivity index (χ0n) is 7.92. The quantitative estimate of drug-likeness (QED) is 0.826. The van der Waals surface area contributed by atoms with Crippen molar-refractivity contribution in [2.45, 2.75) is 26.8 Å². The van der Waals surface area contributed by atoms with E-state index in [1.165, 1.54) is 0 Å². The molecule has 0 aliphatic carbocycles. The molecule has 0 bridgehead atoms. The third-order valence-electron chi connectivity index (χ3n) is 1.59. The van der Waals surface area contributed by atoms with Gasteiger partial charge in [0, 0.05) is 13.0 Å². The number of nitrogens with zero attached hydrogens (tertiary/aromatic N) is 2. The van der Waals surface area contributed by atoms with Gasteiger partial charge in [-0.25, -0.2) is 9.97 Å². The molecule has 0 saturated carbocycles. The highest BCUT2D eigenvalue weighted by atomic mass is 79.9. The second-order valence-electron chi connectivity index (χ2n) is 3.40. The van der Waals surface area contributed by atoms with E-state index in [2.05, 4.69) is 39.7 Å². The smallest absolute Gasteiger partial charge is 0.130 e.